The van der Waals surface area contributed by atoms with Crippen LogP contribution in [0.3, 0.4) is 0 Å². The Hall–Kier alpha value is -2.33. The number of anilines is 1. The van der Waals surface area contributed by atoms with E-state index in [9.17, 15) is 24.4 Å². The van der Waals surface area contributed by atoms with Gasteiger partial charge < -0.3 is 10.4 Å². The monoisotopic (exact) mass is 456 g/mol. The Morgan fingerprint density at radius 1 is 1.33 bits per heavy atom. The minimum atomic E-state index is -1.64. The predicted octanol–water partition coefficient (Wildman–Crippen LogP) is 3.09. The molecule has 11 heteroatoms. The summed E-state index contributed by atoms with van der Waals surface area (Å²) in [5.74, 6) is -2.73. The fraction of sp³-hybridized carbons (Fsp3) is 0.368. The summed E-state index contributed by atoms with van der Waals surface area (Å²) in [7, 11) is 0. The normalized spacial score (nSPS) is 26.9. The highest BCUT2D eigenvalue weighted by Crippen LogP contribution is 2.53. The number of nitrogens with zero attached hydrogens (tertiary/aromatic N) is 2. The Kier molecular flexibility index (Phi) is 6.01. The van der Waals surface area contributed by atoms with Gasteiger partial charge in [0.25, 0.3) is 0 Å². The number of aromatic nitrogens is 1. The number of nitrogens with one attached hydrogen (secondary N) is 2. The molecule has 0 bridgehead atoms. The van der Waals surface area contributed by atoms with Crippen molar-refractivity contribution in [2.45, 2.75) is 37.4 Å². The smallest absolute Gasteiger partial charge is 0.250 e. The van der Waals surface area contributed by atoms with Gasteiger partial charge in [-0.05, 0) is 24.6 Å². The van der Waals surface area contributed by atoms with Gasteiger partial charge in [0.2, 0.25) is 11.9 Å². The second-order valence-corrected chi connectivity index (χ2v) is 7.77. The number of aliphatic hydroxyl groups is 1. The highest BCUT2D eigenvalue weighted by Gasteiger charge is 2.67. The van der Waals surface area contributed by atoms with E-state index in [2.05, 4.69) is 15.6 Å². The second kappa shape index (κ2) is 8.07. The first-order chi connectivity index (χ1) is 13.8. The molecule has 160 valence electrons. The van der Waals surface area contributed by atoms with E-state index in [4.69, 9.17) is 23.2 Å². The van der Waals surface area contributed by atoms with E-state index in [0.29, 0.717) is 16.3 Å². The fourth-order valence-corrected chi connectivity index (χ4v) is 4.79. The molecule has 4 atom stereocenters. The molecule has 2 aliphatic rings. The molecular formula is C19H19Cl2FN4O4. The van der Waals surface area contributed by atoms with Crippen LogP contribution in [0.25, 0.3) is 0 Å². The molecule has 1 spiro atoms. The number of benzene rings is 1. The van der Waals surface area contributed by atoms with Gasteiger partial charge in [-0.3, -0.25) is 20.2 Å². The summed E-state index contributed by atoms with van der Waals surface area (Å²) >= 11 is 11.9. The number of nitro groups is 1. The maximum absolute atomic E-state index is 15.0. The minimum absolute atomic E-state index is 0. The van der Waals surface area contributed by atoms with Gasteiger partial charge in [-0.1, -0.05) is 36.7 Å². The zero-order valence-corrected chi connectivity index (χ0v) is 16.2. The summed E-state index contributed by atoms with van der Waals surface area (Å²) in [6, 6.07) is 3.65. The average Bonchev–Trinajstić information content (AvgIpc) is 3.13. The molecule has 1 fully saturated rings. The molecule has 3 N–H and O–H groups in total. The number of fused-ring (bicyclic) bond motifs is 2. The first kappa shape index (κ1) is 22.4. The molecule has 8 nitrogen and oxygen atoms in total. The molecule has 1 saturated heterocycles. The van der Waals surface area contributed by atoms with Crippen LogP contribution >= 0.6 is 23.2 Å². The van der Waals surface area contributed by atoms with Crippen LogP contribution in [0.15, 0.2) is 30.5 Å². The molecule has 1 aromatic carbocycles. The van der Waals surface area contributed by atoms with Gasteiger partial charge in [0.1, 0.15) is 5.54 Å². The van der Waals surface area contributed by atoms with Gasteiger partial charge in [-0.25, -0.2) is 9.37 Å². The SMILES string of the molecule is C.O=C1Nc2cc(Cl)ccc2[C@]12N[C@@H](CCO)[C@@H]([N+](=O)[O-])[C@@H]2c1ccnc(Cl)c1F. The maximum Gasteiger partial charge on any atom is 0.250 e. The molecule has 0 aliphatic carbocycles. The van der Waals surface area contributed by atoms with Crippen LogP contribution in [0.5, 0.6) is 0 Å². The summed E-state index contributed by atoms with van der Waals surface area (Å²) in [4.78, 5) is 28.3. The molecule has 0 saturated carbocycles. The quantitative estimate of drug-likeness (QED) is 0.369. The number of carbonyl (C=O) groups excluding carboxylic acids is 1. The number of amides is 1. The molecule has 2 aromatic rings. The van der Waals surface area contributed by atoms with E-state index in [1.807, 2.05) is 0 Å². The lowest BCUT2D eigenvalue weighted by atomic mass is 9.74. The van der Waals surface area contributed by atoms with Gasteiger partial charge in [0.15, 0.2) is 11.0 Å². The Morgan fingerprint density at radius 3 is 2.73 bits per heavy atom. The molecule has 4 rings (SSSR count). The van der Waals surface area contributed by atoms with Crippen LogP contribution in [-0.4, -0.2) is 39.6 Å². The molecule has 1 aromatic heterocycles. The third-order valence-electron chi connectivity index (χ3n) is 5.54. The van der Waals surface area contributed by atoms with Gasteiger partial charge in [-0.15, -0.1) is 0 Å². The summed E-state index contributed by atoms with van der Waals surface area (Å²) in [6.07, 6.45) is 1.24. The standard InChI is InChI=1S/C18H15Cl2FN4O4.CH4/c19-8-1-2-10-12(7-8)23-17(27)18(10)13(9-3-5-22-16(20)14(9)21)15(25(28)29)11(24-18)4-6-26;/h1-3,5,7,11,13,15,24,26H,4,6H2,(H,23,27);1H4/t11-,13-,15+,18+;/m0./s1. The van der Waals surface area contributed by atoms with Gasteiger partial charge in [-0.2, -0.15) is 0 Å². The minimum Gasteiger partial charge on any atom is -0.396 e. The van der Waals surface area contributed by atoms with Crippen LogP contribution < -0.4 is 10.6 Å². The van der Waals surface area contributed by atoms with E-state index in [-0.39, 0.29) is 26.0 Å². The largest absolute Gasteiger partial charge is 0.396 e. The fourth-order valence-electron chi connectivity index (χ4n) is 4.46. The molecule has 2 aliphatic heterocycles. The van der Waals surface area contributed by atoms with Crippen molar-refractivity contribution >= 4 is 34.8 Å². The lowest BCUT2D eigenvalue weighted by molar-refractivity contribution is -0.527. The molecular weight excluding hydrogens is 438 g/mol. The van der Waals surface area contributed by atoms with Crippen molar-refractivity contribution in [1.29, 1.82) is 0 Å². The van der Waals surface area contributed by atoms with Crippen molar-refractivity contribution in [3.8, 4) is 0 Å². The number of hydrogen-bond donors (Lipinski definition) is 3. The number of aliphatic hydroxyl groups excluding tert-OH is 1. The Balaban J connectivity index is 0.00000256. The maximum atomic E-state index is 15.0. The van der Waals surface area contributed by atoms with Gasteiger partial charge in [0.05, 0.1) is 12.0 Å². The Bertz CT molecular complexity index is 1020. The number of carbonyl (C=O) groups is 1. The third kappa shape index (κ3) is 3.13. The Labute approximate surface area is 181 Å². The average molecular weight is 457 g/mol. The summed E-state index contributed by atoms with van der Waals surface area (Å²) < 4.78 is 15.0. The van der Waals surface area contributed by atoms with Crippen molar-refractivity contribution in [2.75, 3.05) is 11.9 Å². The van der Waals surface area contributed by atoms with E-state index in [1.54, 1.807) is 12.1 Å². The van der Waals surface area contributed by atoms with Crippen LogP contribution in [0.1, 0.15) is 30.9 Å². The summed E-state index contributed by atoms with van der Waals surface area (Å²) in [5, 5.41) is 27.1. The first-order valence-electron chi connectivity index (χ1n) is 8.74. The highest BCUT2D eigenvalue weighted by atomic mass is 35.5. The topological polar surface area (TPSA) is 117 Å². The van der Waals surface area contributed by atoms with E-state index >= 15 is 0 Å². The molecule has 0 radical (unpaired) electrons. The molecule has 1 amide bonds. The zero-order valence-electron chi connectivity index (χ0n) is 14.7. The molecule has 30 heavy (non-hydrogen) atoms. The van der Waals surface area contributed by atoms with Crippen molar-refractivity contribution in [1.82, 2.24) is 10.3 Å². The van der Waals surface area contributed by atoms with Crippen molar-refractivity contribution in [3.05, 3.63) is 67.7 Å². The predicted molar refractivity (Wildman–Crippen MR) is 110 cm³/mol. The Morgan fingerprint density at radius 2 is 2.07 bits per heavy atom. The number of rotatable bonds is 4. The van der Waals surface area contributed by atoms with Crippen LogP contribution in [0.2, 0.25) is 10.2 Å². The third-order valence-corrected chi connectivity index (χ3v) is 6.04. The van der Waals surface area contributed by atoms with Crippen molar-refractivity contribution in [2.24, 2.45) is 0 Å². The van der Waals surface area contributed by atoms with E-state index in [0.717, 1.165) is 0 Å². The summed E-state index contributed by atoms with van der Waals surface area (Å²) in [5.41, 5.74) is -0.940. The zero-order chi connectivity index (χ0) is 20.9. The number of halogens is 3. The molecule has 0 unspecified atom stereocenters. The van der Waals surface area contributed by atoms with Crippen molar-refractivity contribution < 1.29 is 19.2 Å². The van der Waals surface area contributed by atoms with Crippen LogP contribution in [-0.2, 0) is 10.3 Å². The lowest BCUT2D eigenvalue weighted by Crippen LogP contribution is -2.49. The van der Waals surface area contributed by atoms with Crippen molar-refractivity contribution in [3.63, 3.8) is 0 Å². The number of pyridine rings is 1. The summed E-state index contributed by atoms with van der Waals surface area (Å²) in [6.45, 7) is -0.348. The van der Waals surface area contributed by atoms with E-state index < -0.39 is 45.3 Å². The molecule has 3 heterocycles. The van der Waals surface area contributed by atoms with Crippen LogP contribution in [0, 0.1) is 15.9 Å². The first-order valence-corrected chi connectivity index (χ1v) is 9.50. The van der Waals surface area contributed by atoms with E-state index in [1.165, 1.54) is 18.3 Å². The lowest BCUT2D eigenvalue weighted by Gasteiger charge is -2.30. The van der Waals surface area contributed by atoms with Crippen LogP contribution in [0.4, 0.5) is 10.1 Å². The number of hydrogen-bond acceptors (Lipinski definition) is 6. The highest BCUT2D eigenvalue weighted by molar-refractivity contribution is 6.31. The van der Waals surface area contributed by atoms with Gasteiger partial charge in [0, 0.05) is 39.6 Å². The second-order valence-electron chi connectivity index (χ2n) is 6.97. The van der Waals surface area contributed by atoms with Gasteiger partial charge >= 0.3 is 0 Å².